The Morgan fingerprint density at radius 3 is 2.02 bits per heavy atom. The highest BCUT2D eigenvalue weighted by molar-refractivity contribution is 6.03. The minimum Gasteiger partial charge on any atom is -0.497 e. The summed E-state index contributed by atoms with van der Waals surface area (Å²) in [6.45, 7) is -0.0552. The van der Waals surface area contributed by atoms with Gasteiger partial charge in [-0.1, -0.05) is 72.8 Å². The zero-order valence-electron chi connectivity index (χ0n) is 26.9. The molecule has 2 aliphatic rings. The summed E-state index contributed by atoms with van der Waals surface area (Å²) in [6, 6.07) is 35.2. The van der Waals surface area contributed by atoms with Crippen LogP contribution in [0.15, 0.2) is 126 Å². The Kier molecular flexibility index (Phi) is 8.74. The van der Waals surface area contributed by atoms with Gasteiger partial charge in [-0.25, -0.2) is 4.79 Å². The van der Waals surface area contributed by atoms with Gasteiger partial charge < -0.3 is 34.1 Å². The summed E-state index contributed by atoms with van der Waals surface area (Å²) in [4.78, 5) is 29.9. The number of aromatic nitrogens is 2. The standard InChI is InChI=1S/C38H35N3O8/c1-45-29-17-13-27(14-18-29)38(26-11-7-4-8-12-26,28-15-19-30(46-2)20-16-28)48-24-37-23-47-32(33(37)42)35(49-37)41-22-21-31(40-36(41)44)39-34(43)25-9-5-3-6-10-25/h3-22,32-33,35,42H,23-24H2,1-2H3,(H,39,40,43,44)/t32-,33+,35+,37+/m0/s1. The van der Waals surface area contributed by atoms with Crippen molar-refractivity contribution in [2.45, 2.75) is 29.6 Å². The van der Waals surface area contributed by atoms with Crippen LogP contribution in [0.5, 0.6) is 11.5 Å². The van der Waals surface area contributed by atoms with Gasteiger partial charge in [-0.15, -0.1) is 0 Å². The predicted octanol–water partition coefficient (Wildman–Crippen LogP) is 4.55. The highest BCUT2D eigenvalue weighted by Gasteiger charge is 2.63. The van der Waals surface area contributed by atoms with E-state index in [-0.39, 0.29) is 19.0 Å². The zero-order chi connectivity index (χ0) is 34.0. The molecule has 0 unspecified atom stereocenters. The molecule has 4 aromatic carbocycles. The Labute approximate surface area is 282 Å². The number of rotatable bonds is 11. The van der Waals surface area contributed by atoms with Gasteiger partial charge in [0.2, 0.25) is 0 Å². The summed E-state index contributed by atoms with van der Waals surface area (Å²) < 4.78 is 31.7. The number of carbonyl (C=O) groups is 1. The number of methoxy groups -OCH3 is 2. The van der Waals surface area contributed by atoms with E-state index in [1.54, 1.807) is 44.6 Å². The van der Waals surface area contributed by atoms with Crippen LogP contribution >= 0.6 is 0 Å². The van der Waals surface area contributed by atoms with E-state index in [0.717, 1.165) is 16.7 Å². The first-order valence-electron chi connectivity index (χ1n) is 15.8. The molecule has 250 valence electrons. The van der Waals surface area contributed by atoms with Crippen LogP contribution in [0.1, 0.15) is 33.3 Å². The van der Waals surface area contributed by atoms with E-state index in [1.165, 1.54) is 16.8 Å². The van der Waals surface area contributed by atoms with Crippen molar-refractivity contribution in [1.82, 2.24) is 9.55 Å². The fraction of sp³-hybridized carbons (Fsp3) is 0.237. The molecule has 7 rings (SSSR count). The number of carbonyl (C=O) groups excluding carboxylic acids is 1. The molecule has 1 amide bonds. The van der Waals surface area contributed by atoms with E-state index < -0.39 is 41.2 Å². The first kappa shape index (κ1) is 32.2. The van der Waals surface area contributed by atoms with Crippen LogP contribution < -0.4 is 20.5 Å². The van der Waals surface area contributed by atoms with Gasteiger partial charge in [-0.05, 0) is 59.2 Å². The molecule has 0 aliphatic carbocycles. The second kappa shape index (κ2) is 13.3. The van der Waals surface area contributed by atoms with Gasteiger partial charge in [-0.3, -0.25) is 9.36 Å². The number of nitrogens with zero attached hydrogens (tertiary/aromatic N) is 2. The molecule has 1 aromatic heterocycles. The average molecular weight is 662 g/mol. The summed E-state index contributed by atoms with van der Waals surface area (Å²) in [5.74, 6) is 1.07. The smallest absolute Gasteiger partial charge is 0.351 e. The topological polar surface area (TPSA) is 130 Å². The fourth-order valence-corrected chi connectivity index (χ4v) is 6.50. The lowest BCUT2D eigenvalue weighted by molar-refractivity contribution is -0.204. The molecule has 2 bridgehead atoms. The van der Waals surface area contributed by atoms with Gasteiger partial charge in [0.15, 0.2) is 6.23 Å². The Morgan fingerprint density at radius 2 is 1.45 bits per heavy atom. The second-order valence-corrected chi connectivity index (χ2v) is 11.9. The summed E-state index contributed by atoms with van der Waals surface area (Å²) in [5.41, 5.74) is -0.249. The van der Waals surface area contributed by atoms with Crippen LogP contribution in [0.2, 0.25) is 0 Å². The van der Waals surface area contributed by atoms with Gasteiger partial charge >= 0.3 is 5.69 Å². The number of hydrogen-bond donors (Lipinski definition) is 2. The molecule has 2 fully saturated rings. The molecule has 0 radical (unpaired) electrons. The second-order valence-electron chi connectivity index (χ2n) is 11.9. The quantitative estimate of drug-likeness (QED) is 0.196. The zero-order valence-corrected chi connectivity index (χ0v) is 26.9. The maximum absolute atomic E-state index is 13.2. The Morgan fingerprint density at radius 1 is 0.878 bits per heavy atom. The number of ether oxygens (including phenoxy) is 5. The fourth-order valence-electron chi connectivity index (χ4n) is 6.50. The van der Waals surface area contributed by atoms with Gasteiger partial charge in [-0.2, -0.15) is 4.98 Å². The van der Waals surface area contributed by atoms with Crippen molar-refractivity contribution in [1.29, 1.82) is 0 Å². The average Bonchev–Trinajstić information content (AvgIpc) is 3.61. The molecule has 0 saturated carbocycles. The van der Waals surface area contributed by atoms with Crippen LogP contribution in [0, 0.1) is 0 Å². The predicted molar refractivity (Wildman–Crippen MR) is 180 cm³/mol. The van der Waals surface area contributed by atoms with E-state index in [4.69, 9.17) is 23.7 Å². The van der Waals surface area contributed by atoms with Gasteiger partial charge in [0, 0.05) is 11.8 Å². The van der Waals surface area contributed by atoms with Gasteiger partial charge in [0.05, 0.1) is 27.4 Å². The highest BCUT2D eigenvalue weighted by atomic mass is 16.7. The van der Waals surface area contributed by atoms with E-state index in [0.29, 0.717) is 17.1 Å². The minimum absolute atomic E-state index is 0.0405. The minimum atomic E-state index is -1.31. The molecular weight excluding hydrogens is 626 g/mol. The van der Waals surface area contributed by atoms with E-state index >= 15 is 0 Å². The number of aliphatic hydroxyl groups is 1. The lowest BCUT2D eigenvalue weighted by Gasteiger charge is -2.39. The molecule has 49 heavy (non-hydrogen) atoms. The van der Waals surface area contributed by atoms with Crippen LogP contribution in [-0.2, 0) is 19.8 Å². The molecule has 3 heterocycles. The maximum Gasteiger partial charge on any atom is 0.351 e. The number of hydrogen-bond acceptors (Lipinski definition) is 9. The van der Waals surface area contributed by atoms with Crippen molar-refractivity contribution in [2.75, 3.05) is 32.8 Å². The summed E-state index contributed by atoms with van der Waals surface area (Å²) >= 11 is 0. The van der Waals surface area contributed by atoms with Crippen molar-refractivity contribution in [2.24, 2.45) is 0 Å². The number of amides is 1. The van der Waals surface area contributed by atoms with Crippen molar-refractivity contribution in [3.8, 4) is 11.5 Å². The van der Waals surface area contributed by atoms with Crippen LogP contribution in [0.3, 0.4) is 0 Å². The third-order valence-electron chi connectivity index (χ3n) is 9.09. The number of nitrogens with one attached hydrogen (secondary N) is 1. The lowest BCUT2D eigenvalue weighted by Crippen LogP contribution is -2.48. The summed E-state index contributed by atoms with van der Waals surface area (Å²) in [5, 5.41) is 14.2. The van der Waals surface area contributed by atoms with Crippen molar-refractivity contribution in [3.63, 3.8) is 0 Å². The van der Waals surface area contributed by atoms with Gasteiger partial charge in [0.25, 0.3) is 5.91 Å². The number of anilines is 1. The lowest BCUT2D eigenvalue weighted by atomic mass is 9.79. The highest BCUT2D eigenvalue weighted by Crippen LogP contribution is 2.48. The monoisotopic (exact) mass is 661 g/mol. The maximum atomic E-state index is 13.2. The molecule has 2 aliphatic heterocycles. The third-order valence-corrected chi connectivity index (χ3v) is 9.09. The molecule has 2 N–H and O–H groups in total. The molecule has 5 aromatic rings. The molecule has 2 saturated heterocycles. The molecule has 11 nitrogen and oxygen atoms in total. The summed E-state index contributed by atoms with van der Waals surface area (Å²) in [6.07, 6.45) is -1.50. The SMILES string of the molecule is COc1ccc(C(OC[C@@]23CO[C@H]([C@H](n4ccc(NC(=O)c5ccccc5)nc4=O)O2)[C@H]3O)(c2ccccc2)c2ccc(OC)cc2)cc1. The Bertz CT molecular complexity index is 1920. The number of aliphatic hydroxyl groups excluding tert-OH is 1. The normalized spacial score (nSPS) is 21.3. The number of benzene rings is 4. The van der Waals surface area contributed by atoms with Crippen LogP contribution in [0.4, 0.5) is 5.82 Å². The van der Waals surface area contributed by atoms with Crippen molar-refractivity contribution < 1.29 is 33.6 Å². The van der Waals surface area contributed by atoms with Gasteiger partial charge in [0.1, 0.15) is 40.7 Å². The van der Waals surface area contributed by atoms with E-state index in [2.05, 4.69) is 10.3 Å². The largest absolute Gasteiger partial charge is 0.497 e. The van der Waals surface area contributed by atoms with Crippen molar-refractivity contribution in [3.05, 3.63) is 154 Å². The Hall–Kier alpha value is -5.33. The van der Waals surface area contributed by atoms with E-state index in [9.17, 15) is 14.7 Å². The first-order valence-corrected chi connectivity index (χ1v) is 15.8. The van der Waals surface area contributed by atoms with Crippen molar-refractivity contribution >= 4 is 11.7 Å². The summed E-state index contributed by atoms with van der Waals surface area (Å²) in [7, 11) is 3.22. The van der Waals surface area contributed by atoms with Crippen LogP contribution in [-0.4, -0.2) is 65.8 Å². The Balaban J connectivity index is 1.20. The molecule has 11 heteroatoms. The van der Waals surface area contributed by atoms with Crippen LogP contribution in [0.25, 0.3) is 0 Å². The van der Waals surface area contributed by atoms with E-state index in [1.807, 2.05) is 78.9 Å². The molecule has 4 atom stereocenters. The number of fused-ring (bicyclic) bond motifs is 2. The third kappa shape index (κ3) is 5.87. The molecular formula is C38H35N3O8. The molecule has 0 spiro atoms. The first-order chi connectivity index (χ1) is 23.9.